The Hall–Kier alpha value is -1.93. The van der Waals surface area contributed by atoms with Crippen molar-refractivity contribution in [2.75, 3.05) is 24.3 Å². The first kappa shape index (κ1) is 15.0. The number of rotatable bonds is 5. The van der Waals surface area contributed by atoms with E-state index in [1.165, 1.54) is 11.8 Å². The van der Waals surface area contributed by atoms with Gasteiger partial charge in [0.05, 0.1) is 11.8 Å². The number of hydrogen-bond donors (Lipinski definition) is 1. The summed E-state index contributed by atoms with van der Waals surface area (Å²) in [6, 6.07) is 9.64. The fraction of sp³-hybridized carbons (Fsp3) is 0.429. The molecule has 1 aromatic carbocycles. The quantitative estimate of drug-likeness (QED) is 0.846. The molecule has 2 aromatic rings. The maximum Gasteiger partial charge on any atom is 0.234 e. The molecular weight excluding hydrogens is 302 g/mol. The molecule has 1 fully saturated rings. The first-order valence-electron chi connectivity index (χ1n) is 7.16. The SMILES string of the molecule is O=C(CSc1nnnn1C1CCOCC1)Nc1ccccc1. The summed E-state index contributed by atoms with van der Waals surface area (Å²) >= 11 is 1.35. The van der Waals surface area contributed by atoms with Crippen LogP contribution in [0.4, 0.5) is 5.69 Å². The van der Waals surface area contributed by atoms with E-state index in [-0.39, 0.29) is 17.7 Å². The lowest BCUT2D eigenvalue weighted by Gasteiger charge is -2.22. The normalized spacial score (nSPS) is 15.6. The van der Waals surface area contributed by atoms with Gasteiger partial charge in [0, 0.05) is 18.9 Å². The van der Waals surface area contributed by atoms with Crippen LogP contribution < -0.4 is 5.32 Å². The number of amides is 1. The van der Waals surface area contributed by atoms with Gasteiger partial charge in [-0.15, -0.1) is 5.10 Å². The molecule has 0 saturated carbocycles. The van der Waals surface area contributed by atoms with E-state index in [9.17, 15) is 4.79 Å². The highest BCUT2D eigenvalue weighted by molar-refractivity contribution is 7.99. The summed E-state index contributed by atoms with van der Waals surface area (Å²) in [6.45, 7) is 1.45. The lowest BCUT2D eigenvalue weighted by Crippen LogP contribution is -2.21. The van der Waals surface area contributed by atoms with Gasteiger partial charge in [0.2, 0.25) is 11.1 Å². The van der Waals surface area contributed by atoms with E-state index in [0.717, 1.165) is 31.7 Å². The number of nitrogens with zero attached hydrogens (tertiary/aromatic N) is 4. The zero-order valence-corrected chi connectivity index (χ0v) is 12.8. The molecular formula is C14H17N5O2S. The van der Waals surface area contributed by atoms with Crippen molar-refractivity contribution in [1.29, 1.82) is 0 Å². The van der Waals surface area contributed by atoms with Crippen LogP contribution in [0.15, 0.2) is 35.5 Å². The number of anilines is 1. The molecule has 0 bridgehead atoms. The van der Waals surface area contributed by atoms with Crippen molar-refractivity contribution >= 4 is 23.4 Å². The smallest absolute Gasteiger partial charge is 0.234 e. The highest BCUT2D eigenvalue weighted by Gasteiger charge is 2.21. The average Bonchev–Trinajstić information content (AvgIpc) is 3.03. The van der Waals surface area contributed by atoms with Gasteiger partial charge in [-0.2, -0.15) is 0 Å². The Morgan fingerprint density at radius 3 is 2.86 bits per heavy atom. The molecule has 2 heterocycles. The summed E-state index contributed by atoms with van der Waals surface area (Å²) < 4.78 is 7.16. The molecule has 7 nitrogen and oxygen atoms in total. The van der Waals surface area contributed by atoms with Gasteiger partial charge in [0.15, 0.2) is 0 Å². The Morgan fingerprint density at radius 1 is 1.32 bits per heavy atom. The minimum atomic E-state index is -0.0715. The number of aromatic nitrogens is 4. The number of para-hydroxylation sites is 1. The van der Waals surface area contributed by atoms with Crippen LogP contribution in [0, 0.1) is 0 Å². The van der Waals surface area contributed by atoms with Crippen LogP contribution in [0.3, 0.4) is 0 Å². The van der Waals surface area contributed by atoms with Crippen molar-refractivity contribution in [2.45, 2.75) is 24.0 Å². The first-order valence-corrected chi connectivity index (χ1v) is 8.15. The third-order valence-electron chi connectivity index (χ3n) is 3.39. The van der Waals surface area contributed by atoms with Crippen LogP contribution in [0.25, 0.3) is 0 Å². The Labute approximate surface area is 132 Å². The summed E-state index contributed by atoms with van der Waals surface area (Å²) in [5, 5.41) is 15.3. The van der Waals surface area contributed by atoms with Crippen LogP contribution in [-0.2, 0) is 9.53 Å². The molecule has 0 aliphatic carbocycles. The summed E-state index contributed by atoms with van der Waals surface area (Å²) in [4.78, 5) is 12.0. The molecule has 0 radical (unpaired) electrons. The van der Waals surface area contributed by atoms with Gasteiger partial charge < -0.3 is 10.1 Å². The van der Waals surface area contributed by atoms with Crippen molar-refractivity contribution in [3.8, 4) is 0 Å². The molecule has 8 heteroatoms. The number of hydrogen-bond acceptors (Lipinski definition) is 6. The molecule has 1 saturated heterocycles. The highest BCUT2D eigenvalue weighted by atomic mass is 32.2. The summed E-state index contributed by atoms with van der Waals surface area (Å²) in [7, 11) is 0. The first-order chi connectivity index (χ1) is 10.8. The van der Waals surface area contributed by atoms with E-state index in [2.05, 4.69) is 20.8 Å². The molecule has 116 valence electrons. The number of carbonyl (C=O) groups excluding carboxylic acids is 1. The summed E-state index contributed by atoms with van der Waals surface area (Å²) in [6.07, 6.45) is 1.80. The molecule has 1 N–H and O–H groups in total. The number of ether oxygens (including phenoxy) is 1. The van der Waals surface area contributed by atoms with E-state index in [4.69, 9.17) is 4.74 Å². The predicted molar refractivity (Wildman–Crippen MR) is 82.7 cm³/mol. The van der Waals surface area contributed by atoms with Crippen molar-refractivity contribution in [3.05, 3.63) is 30.3 Å². The van der Waals surface area contributed by atoms with E-state index in [0.29, 0.717) is 5.16 Å². The number of carbonyl (C=O) groups is 1. The fourth-order valence-electron chi connectivity index (χ4n) is 2.29. The zero-order chi connectivity index (χ0) is 15.2. The number of tetrazole rings is 1. The second-order valence-electron chi connectivity index (χ2n) is 4.95. The summed E-state index contributed by atoms with van der Waals surface area (Å²) in [5.41, 5.74) is 0.789. The minimum absolute atomic E-state index is 0.0715. The van der Waals surface area contributed by atoms with E-state index >= 15 is 0 Å². The van der Waals surface area contributed by atoms with Crippen LogP contribution in [0.5, 0.6) is 0 Å². The standard InChI is InChI=1S/C14H17N5O2S/c20-13(15-11-4-2-1-3-5-11)10-22-14-16-17-18-19(14)12-6-8-21-9-7-12/h1-5,12H,6-10H2,(H,15,20). The summed E-state index contributed by atoms with van der Waals surface area (Å²) in [5.74, 6) is 0.205. The molecule has 1 aliphatic heterocycles. The van der Waals surface area contributed by atoms with Crippen LogP contribution >= 0.6 is 11.8 Å². The fourth-order valence-corrected chi connectivity index (χ4v) is 3.03. The highest BCUT2D eigenvalue weighted by Crippen LogP contribution is 2.24. The lowest BCUT2D eigenvalue weighted by molar-refractivity contribution is -0.113. The van der Waals surface area contributed by atoms with E-state index in [1.807, 2.05) is 35.0 Å². The van der Waals surface area contributed by atoms with Crippen LogP contribution in [-0.4, -0.2) is 45.1 Å². The van der Waals surface area contributed by atoms with Gasteiger partial charge in [-0.3, -0.25) is 4.79 Å². The lowest BCUT2D eigenvalue weighted by atomic mass is 10.1. The van der Waals surface area contributed by atoms with Crippen LogP contribution in [0.1, 0.15) is 18.9 Å². The van der Waals surface area contributed by atoms with E-state index in [1.54, 1.807) is 0 Å². The molecule has 3 rings (SSSR count). The number of thioether (sulfide) groups is 1. The number of nitrogens with one attached hydrogen (secondary N) is 1. The molecule has 0 spiro atoms. The third kappa shape index (κ3) is 3.83. The zero-order valence-electron chi connectivity index (χ0n) is 12.0. The monoisotopic (exact) mass is 319 g/mol. The largest absolute Gasteiger partial charge is 0.381 e. The topological polar surface area (TPSA) is 81.9 Å². The van der Waals surface area contributed by atoms with Crippen molar-refractivity contribution < 1.29 is 9.53 Å². The Balaban J connectivity index is 1.55. The molecule has 1 aromatic heterocycles. The minimum Gasteiger partial charge on any atom is -0.381 e. The molecule has 1 aliphatic rings. The van der Waals surface area contributed by atoms with Crippen LogP contribution in [0.2, 0.25) is 0 Å². The molecule has 0 atom stereocenters. The maximum atomic E-state index is 12.0. The van der Waals surface area contributed by atoms with Gasteiger partial charge in [0.25, 0.3) is 0 Å². The Kier molecular flexibility index (Phi) is 5.02. The number of benzene rings is 1. The second-order valence-corrected chi connectivity index (χ2v) is 5.89. The van der Waals surface area contributed by atoms with Gasteiger partial charge in [-0.05, 0) is 35.4 Å². The van der Waals surface area contributed by atoms with Gasteiger partial charge >= 0.3 is 0 Å². The molecule has 1 amide bonds. The maximum absolute atomic E-state index is 12.0. The molecule has 22 heavy (non-hydrogen) atoms. The van der Waals surface area contributed by atoms with Crippen molar-refractivity contribution in [2.24, 2.45) is 0 Å². The van der Waals surface area contributed by atoms with E-state index < -0.39 is 0 Å². The molecule has 0 unspecified atom stereocenters. The Bertz CT molecular complexity index is 613. The predicted octanol–water partition coefficient (Wildman–Crippen LogP) is 1.76. The average molecular weight is 319 g/mol. The van der Waals surface area contributed by atoms with Gasteiger partial charge in [-0.25, -0.2) is 4.68 Å². The second kappa shape index (κ2) is 7.37. The third-order valence-corrected chi connectivity index (χ3v) is 4.32. The van der Waals surface area contributed by atoms with Gasteiger partial charge in [-0.1, -0.05) is 30.0 Å². The van der Waals surface area contributed by atoms with Crippen molar-refractivity contribution in [3.63, 3.8) is 0 Å². The van der Waals surface area contributed by atoms with Gasteiger partial charge in [0.1, 0.15) is 0 Å². The van der Waals surface area contributed by atoms with Crippen molar-refractivity contribution in [1.82, 2.24) is 20.2 Å². The Morgan fingerprint density at radius 2 is 2.09 bits per heavy atom.